The highest BCUT2D eigenvalue weighted by atomic mass is 79.9. The van der Waals surface area contributed by atoms with E-state index in [0.717, 1.165) is 8.95 Å². The Balaban J connectivity index is 1.98. The molecule has 0 aliphatic rings. The van der Waals surface area contributed by atoms with E-state index in [2.05, 4.69) is 37.2 Å². The highest BCUT2D eigenvalue weighted by Gasteiger charge is 2.11. The number of esters is 1. The molecule has 0 fully saturated rings. The van der Waals surface area contributed by atoms with Crippen LogP contribution in [-0.2, 0) is 9.59 Å². The summed E-state index contributed by atoms with van der Waals surface area (Å²) in [4.78, 5) is 23.1. The van der Waals surface area contributed by atoms with E-state index in [9.17, 15) is 9.59 Å². The highest BCUT2D eigenvalue weighted by Crippen LogP contribution is 2.28. The molecule has 0 radical (unpaired) electrons. The molecule has 0 bridgehead atoms. The number of carbonyl (C=O) groups is 2. The highest BCUT2D eigenvalue weighted by molar-refractivity contribution is 9.11. The van der Waals surface area contributed by atoms with Crippen molar-refractivity contribution in [3.05, 3.63) is 51.4 Å². The number of amides is 1. The number of anilines is 1. The van der Waals surface area contributed by atoms with Gasteiger partial charge in [-0.15, -0.1) is 0 Å². The molecule has 23 heavy (non-hydrogen) atoms. The summed E-state index contributed by atoms with van der Waals surface area (Å²) in [5.41, 5.74) is 0.429. The second-order valence-corrected chi connectivity index (χ2v) is 6.28. The number of benzene rings is 2. The van der Waals surface area contributed by atoms with Gasteiger partial charge in [-0.1, -0.05) is 28.1 Å². The average molecular weight is 443 g/mol. The van der Waals surface area contributed by atoms with Crippen molar-refractivity contribution in [3.63, 3.8) is 0 Å². The monoisotopic (exact) mass is 441 g/mol. The number of hydrogen-bond donors (Lipinski definition) is 1. The molecule has 0 spiro atoms. The van der Waals surface area contributed by atoms with Gasteiger partial charge in [0.1, 0.15) is 5.75 Å². The van der Waals surface area contributed by atoms with Crippen molar-refractivity contribution >= 4 is 49.4 Å². The van der Waals surface area contributed by atoms with Crippen molar-refractivity contribution in [1.82, 2.24) is 0 Å². The van der Waals surface area contributed by atoms with Gasteiger partial charge in [0.25, 0.3) is 0 Å². The van der Waals surface area contributed by atoms with Crippen LogP contribution in [0.4, 0.5) is 5.69 Å². The van der Waals surface area contributed by atoms with E-state index in [1.165, 1.54) is 6.92 Å². The van der Waals surface area contributed by atoms with Crippen LogP contribution in [0.2, 0.25) is 0 Å². The van der Waals surface area contributed by atoms with Crippen LogP contribution in [0, 0.1) is 0 Å². The van der Waals surface area contributed by atoms with Gasteiger partial charge in [0.05, 0.1) is 10.2 Å². The summed E-state index contributed by atoms with van der Waals surface area (Å²) < 4.78 is 12.3. The third kappa shape index (κ3) is 5.37. The van der Waals surface area contributed by atoms with E-state index >= 15 is 0 Å². The summed E-state index contributed by atoms with van der Waals surface area (Å²) in [6.45, 7) is 1.13. The largest absolute Gasteiger partial charge is 0.481 e. The van der Waals surface area contributed by atoms with Crippen molar-refractivity contribution in [2.75, 3.05) is 11.9 Å². The third-order valence-corrected chi connectivity index (χ3v) is 3.77. The van der Waals surface area contributed by atoms with Crippen molar-refractivity contribution in [2.45, 2.75) is 6.92 Å². The van der Waals surface area contributed by atoms with Crippen LogP contribution < -0.4 is 14.8 Å². The fourth-order valence-electron chi connectivity index (χ4n) is 1.73. The summed E-state index contributed by atoms with van der Waals surface area (Å²) in [7, 11) is 0. The second-order valence-electron chi connectivity index (χ2n) is 4.51. The lowest BCUT2D eigenvalue weighted by atomic mass is 10.3. The summed E-state index contributed by atoms with van der Waals surface area (Å²) in [5, 5.41) is 2.60. The van der Waals surface area contributed by atoms with Crippen LogP contribution in [0.15, 0.2) is 51.4 Å². The first-order valence-electron chi connectivity index (χ1n) is 6.61. The van der Waals surface area contributed by atoms with Crippen LogP contribution in [-0.4, -0.2) is 18.5 Å². The molecule has 1 N–H and O–H groups in total. The number of para-hydroxylation sites is 2. The van der Waals surface area contributed by atoms with E-state index in [1.54, 1.807) is 36.4 Å². The Labute approximate surface area is 150 Å². The number of carbonyl (C=O) groups excluding carboxylic acids is 2. The molecule has 0 aromatic heterocycles. The van der Waals surface area contributed by atoms with Crippen molar-refractivity contribution in [1.29, 1.82) is 0 Å². The standard InChI is InChI=1S/C16H13Br2NO4/c1-10(20)19-13-4-2-3-5-15(13)23-16(21)9-22-14-7-6-11(17)8-12(14)18/h2-8H,9H2,1H3,(H,19,20). The Kier molecular flexibility index (Phi) is 6.18. The molecule has 2 rings (SSSR count). The number of ether oxygens (including phenoxy) is 2. The molecule has 5 nitrogen and oxygen atoms in total. The van der Waals surface area contributed by atoms with E-state index in [1.807, 2.05) is 6.07 Å². The van der Waals surface area contributed by atoms with Crippen molar-refractivity contribution < 1.29 is 19.1 Å². The molecule has 120 valence electrons. The van der Waals surface area contributed by atoms with Gasteiger partial charge in [-0.2, -0.15) is 0 Å². The minimum absolute atomic E-state index is 0.247. The first-order chi connectivity index (χ1) is 11.0. The molecule has 1 amide bonds. The number of nitrogens with one attached hydrogen (secondary N) is 1. The van der Waals surface area contributed by atoms with Gasteiger partial charge in [0, 0.05) is 11.4 Å². The smallest absolute Gasteiger partial charge is 0.349 e. The summed E-state index contributed by atoms with van der Waals surface area (Å²) >= 11 is 6.68. The molecule has 2 aromatic rings. The van der Waals surface area contributed by atoms with Gasteiger partial charge in [-0.25, -0.2) is 4.79 Å². The Morgan fingerprint density at radius 3 is 2.52 bits per heavy atom. The fraction of sp³-hybridized carbons (Fsp3) is 0.125. The third-order valence-electron chi connectivity index (χ3n) is 2.66. The van der Waals surface area contributed by atoms with Crippen LogP contribution in [0.5, 0.6) is 11.5 Å². The molecule has 0 aliphatic heterocycles. The van der Waals surface area contributed by atoms with Crippen LogP contribution in [0.25, 0.3) is 0 Å². The Bertz CT molecular complexity index is 734. The molecule has 0 atom stereocenters. The fourth-order valence-corrected chi connectivity index (χ4v) is 2.89. The maximum Gasteiger partial charge on any atom is 0.349 e. The zero-order valence-electron chi connectivity index (χ0n) is 12.1. The predicted molar refractivity (Wildman–Crippen MR) is 93.7 cm³/mol. The molecule has 0 aliphatic carbocycles. The minimum Gasteiger partial charge on any atom is -0.481 e. The maximum atomic E-state index is 11.9. The lowest BCUT2D eigenvalue weighted by molar-refractivity contribution is -0.136. The lowest BCUT2D eigenvalue weighted by Crippen LogP contribution is -2.19. The van der Waals surface area contributed by atoms with Crippen LogP contribution in [0.1, 0.15) is 6.92 Å². The predicted octanol–water partition coefficient (Wildman–Crippen LogP) is 4.15. The van der Waals surface area contributed by atoms with Crippen molar-refractivity contribution in [2.24, 2.45) is 0 Å². The Hall–Kier alpha value is -1.86. The van der Waals surface area contributed by atoms with E-state index in [4.69, 9.17) is 9.47 Å². The molecular weight excluding hydrogens is 430 g/mol. The molecule has 2 aromatic carbocycles. The normalized spacial score (nSPS) is 10.0. The zero-order valence-corrected chi connectivity index (χ0v) is 15.3. The number of rotatable bonds is 5. The first kappa shape index (κ1) is 17.5. The summed E-state index contributed by atoms with van der Waals surface area (Å²) in [5.74, 6) is -0.0207. The quantitative estimate of drug-likeness (QED) is 0.557. The Morgan fingerprint density at radius 2 is 1.83 bits per heavy atom. The van der Waals surface area contributed by atoms with E-state index in [0.29, 0.717) is 11.4 Å². The molecule has 0 saturated heterocycles. The van der Waals surface area contributed by atoms with E-state index in [-0.39, 0.29) is 18.3 Å². The zero-order chi connectivity index (χ0) is 16.8. The van der Waals surface area contributed by atoms with Gasteiger partial charge in [0.2, 0.25) is 5.91 Å². The van der Waals surface area contributed by atoms with Gasteiger partial charge < -0.3 is 14.8 Å². The van der Waals surface area contributed by atoms with Crippen LogP contribution in [0.3, 0.4) is 0 Å². The lowest BCUT2D eigenvalue weighted by Gasteiger charge is -2.11. The average Bonchev–Trinajstić information content (AvgIpc) is 2.48. The summed E-state index contributed by atoms with van der Waals surface area (Å²) in [6.07, 6.45) is 0. The van der Waals surface area contributed by atoms with Gasteiger partial charge in [-0.05, 0) is 46.3 Å². The second kappa shape index (κ2) is 8.12. The van der Waals surface area contributed by atoms with Gasteiger partial charge in [-0.3, -0.25) is 4.79 Å². The number of hydrogen-bond acceptors (Lipinski definition) is 4. The molecule has 7 heteroatoms. The molecule has 0 heterocycles. The minimum atomic E-state index is -0.572. The Morgan fingerprint density at radius 1 is 1.09 bits per heavy atom. The van der Waals surface area contributed by atoms with Crippen LogP contribution >= 0.6 is 31.9 Å². The molecule has 0 saturated carbocycles. The summed E-state index contributed by atoms with van der Waals surface area (Å²) in [6, 6.07) is 12.0. The van der Waals surface area contributed by atoms with E-state index < -0.39 is 5.97 Å². The molecule has 0 unspecified atom stereocenters. The van der Waals surface area contributed by atoms with Gasteiger partial charge in [0.15, 0.2) is 12.4 Å². The maximum absolute atomic E-state index is 11.9. The van der Waals surface area contributed by atoms with Gasteiger partial charge >= 0.3 is 5.97 Å². The molecular formula is C16H13Br2NO4. The number of halogens is 2. The van der Waals surface area contributed by atoms with Crippen molar-refractivity contribution in [3.8, 4) is 11.5 Å². The SMILES string of the molecule is CC(=O)Nc1ccccc1OC(=O)COc1ccc(Br)cc1Br. The topological polar surface area (TPSA) is 64.6 Å². The first-order valence-corrected chi connectivity index (χ1v) is 8.19.